The fourth-order valence-electron chi connectivity index (χ4n) is 4.30. The van der Waals surface area contributed by atoms with Gasteiger partial charge in [-0.3, -0.25) is 9.59 Å². The SMILES string of the molecule is CN(C)CCn1ccc2c(OC(=O)CCCC(=O)Oc3cccc4c3ccn4CCN(C)C)cccc21. The summed E-state index contributed by atoms with van der Waals surface area (Å²) in [6.45, 7) is 3.54. The molecule has 2 heterocycles. The van der Waals surface area contributed by atoms with Crippen LogP contribution in [0.15, 0.2) is 60.9 Å². The molecular formula is C29H36N4O4. The number of benzene rings is 2. The van der Waals surface area contributed by atoms with E-state index < -0.39 is 0 Å². The van der Waals surface area contributed by atoms with Crippen molar-refractivity contribution < 1.29 is 19.1 Å². The van der Waals surface area contributed by atoms with Gasteiger partial charge in [-0.15, -0.1) is 0 Å². The van der Waals surface area contributed by atoms with Gasteiger partial charge in [-0.1, -0.05) is 12.1 Å². The van der Waals surface area contributed by atoms with Crippen LogP contribution >= 0.6 is 0 Å². The monoisotopic (exact) mass is 504 g/mol. The first kappa shape index (κ1) is 26.4. The van der Waals surface area contributed by atoms with Gasteiger partial charge in [-0.25, -0.2) is 0 Å². The lowest BCUT2D eigenvalue weighted by Crippen LogP contribution is -2.17. The number of carbonyl (C=O) groups is 2. The van der Waals surface area contributed by atoms with E-state index in [0.717, 1.165) is 48.0 Å². The van der Waals surface area contributed by atoms with E-state index >= 15 is 0 Å². The van der Waals surface area contributed by atoms with Crippen LogP contribution in [-0.4, -0.2) is 72.2 Å². The summed E-state index contributed by atoms with van der Waals surface area (Å²) >= 11 is 0. The molecule has 0 saturated heterocycles. The average Bonchev–Trinajstić information content (AvgIpc) is 3.46. The third kappa shape index (κ3) is 6.78. The Kier molecular flexibility index (Phi) is 8.63. The van der Waals surface area contributed by atoms with E-state index in [1.807, 2.05) is 77.0 Å². The van der Waals surface area contributed by atoms with Crippen LogP contribution in [0.5, 0.6) is 11.5 Å². The highest BCUT2D eigenvalue weighted by Crippen LogP contribution is 2.28. The van der Waals surface area contributed by atoms with Crippen molar-refractivity contribution in [1.82, 2.24) is 18.9 Å². The summed E-state index contributed by atoms with van der Waals surface area (Å²) in [5.74, 6) is 0.362. The van der Waals surface area contributed by atoms with Gasteiger partial charge in [-0.2, -0.15) is 0 Å². The molecule has 8 heteroatoms. The van der Waals surface area contributed by atoms with Crippen molar-refractivity contribution >= 4 is 33.7 Å². The van der Waals surface area contributed by atoms with E-state index in [-0.39, 0.29) is 24.8 Å². The number of aromatic nitrogens is 2. The minimum Gasteiger partial charge on any atom is -0.426 e. The lowest BCUT2D eigenvalue weighted by Gasteiger charge is -2.12. The van der Waals surface area contributed by atoms with Crippen molar-refractivity contribution in [3.63, 3.8) is 0 Å². The number of ether oxygens (including phenoxy) is 2. The molecule has 0 aliphatic rings. The van der Waals surface area contributed by atoms with Crippen LogP contribution in [0.2, 0.25) is 0 Å². The Balaban J connectivity index is 1.29. The van der Waals surface area contributed by atoms with E-state index in [4.69, 9.17) is 9.47 Å². The second-order valence-electron chi connectivity index (χ2n) is 9.80. The van der Waals surface area contributed by atoms with Crippen LogP contribution in [0.1, 0.15) is 19.3 Å². The molecule has 4 rings (SSSR count). The van der Waals surface area contributed by atoms with Gasteiger partial charge in [0.15, 0.2) is 0 Å². The highest BCUT2D eigenvalue weighted by Gasteiger charge is 2.14. The average molecular weight is 505 g/mol. The number of carbonyl (C=O) groups excluding carboxylic acids is 2. The smallest absolute Gasteiger partial charge is 0.311 e. The molecule has 0 radical (unpaired) electrons. The Bertz CT molecular complexity index is 1270. The topological polar surface area (TPSA) is 68.9 Å². The van der Waals surface area contributed by atoms with Crippen LogP contribution < -0.4 is 9.47 Å². The van der Waals surface area contributed by atoms with Gasteiger partial charge >= 0.3 is 11.9 Å². The molecular weight excluding hydrogens is 468 g/mol. The standard InChI is InChI=1S/C29H36N4O4/c1-30(2)18-20-32-16-14-22-24(32)8-5-10-26(22)36-28(34)12-7-13-29(35)37-27-11-6-9-25-23(27)15-17-33(25)21-19-31(3)4/h5-6,8-11,14-17H,7,12-13,18-21H2,1-4H3. The van der Waals surface area contributed by atoms with Crippen LogP contribution in [0.4, 0.5) is 0 Å². The first-order valence-corrected chi connectivity index (χ1v) is 12.7. The fourth-order valence-corrected chi connectivity index (χ4v) is 4.30. The van der Waals surface area contributed by atoms with Crippen molar-refractivity contribution in [1.29, 1.82) is 0 Å². The lowest BCUT2D eigenvalue weighted by atomic mass is 10.2. The molecule has 0 N–H and O–H groups in total. The predicted octanol–water partition coefficient (Wildman–Crippen LogP) is 4.40. The van der Waals surface area contributed by atoms with Crippen molar-refractivity contribution in [2.24, 2.45) is 0 Å². The zero-order chi connectivity index (χ0) is 26.4. The second kappa shape index (κ2) is 12.1. The molecule has 0 spiro atoms. The third-order valence-electron chi connectivity index (χ3n) is 6.33. The Morgan fingerprint density at radius 1 is 0.676 bits per heavy atom. The quantitative estimate of drug-likeness (QED) is 0.210. The molecule has 0 fully saturated rings. The second-order valence-corrected chi connectivity index (χ2v) is 9.80. The molecule has 8 nitrogen and oxygen atoms in total. The summed E-state index contributed by atoms with van der Waals surface area (Å²) in [4.78, 5) is 29.3. The van der Waals surface area contributed by atoms with Gasteiger partial charge < -0.3 is 28.4 Å². The Morgan fingerprint density at radius 2 is 1.11 bits per heavy atom. The molecule has 0 amide bonds. The Labute approximate surface area is 218 Å². The number of esters is 2. The predicted molar refractivity (Wildman–Crippen MR) is 146 cm³/mol. The molecule has 2 aromatic heterocycles. The number of rotatable bonds is 12. The lowest BCUT2D eigenvalue weighted by molar-refractivity contribution is -0.135. The number of fused-ring (bicyclic) bond motifs is 2. The maximum atomic E-state index is 12.5. The van der Waals surface area contributed by atoms with Crippen molar-refractivity contribution in [2.75, 3.05) is 41.3 Å². The summed E-state index contributed by atoms with van der Waals surface area (Å²) in [5, 5.41) is 1.80. The molecule has 0 bridgehead atoms. The van der Waals surface area contributed by atoms with Crippen molar-refractivity contribution in [2.45, 2.75) is 32.4 Å². The zero-order valence-corrected chi connectivity index (χ0v) is 22.1. The molecule has 0 aliphatic heterocycles. The van der Waals surface area contributed by atoms with E-state index in [9.17, 15) is 9.59 Å². The summed E-state index contributed by atoms with van der Waals surface area (Å²) < 4.78 is 15.6. The van der Waals surface area contributed by atoms with Gasteiger partial charge in [0.2, 0.25) is 0 Å². The van der Waals surface area contributed by atoms with Gasteiger partial charge in [0, 0.05) is 62.2 Å². The van der Waals surface area contributed by atoms with E-state index in [0.29, 0.717) is 17.9 Å². The minimum absolute atomic E-state index is 0.137. The number of likely N-dealkylation sites (N-methyl/N-ethyl adjacent to an activating group) is 2. The van der Waals surface area contributed by atoms with Crippen LogP contribution in [0.25, 0.3) is 21.8 Å². The molecule has 0 unspecified atom stereocenters. The largest absolute Gasteiger partial charge is 0.426 e. The normalized spacial score (nSPS) is 11.6. The summed E-state index contributed by atoms with van der Waals surface area (Å²) in [5.41, 5.74) is 2.06. The number of hydrogen-bond acceptors (Lipinski definition) is 6. The fraction of sp³-hybridized carbons (Fsp3) is 0.379. The van der Waals surface area contributed by atoms with Crippen LogP contribution in [-0.2, 0) is 22.7 Å². The van der Waals surface area contributed by atoms with Gasteiger partial charge in [0.1, 0.15) is 11.5 Å². The zero-order valence-electron chi connectivity index (χ0n) is 22.1. The van der Waals surface area contributed by atoms with Crippen molar-refractivity contribution in [3.05, 3.63) is 60.9 Å². The van der Waals surface area contributed by atoms with Crippen LogP contribution in [0.3, 0.4) is 0 Å². The Morgan fingerprint density at radius 3 is 1.51 bits per heavy atom. The third-order valence-corrected chi connectivity index (χ3v) is 6.33. The summed E-state index contributed by atoms with van der Waals surface area (Å²) in [6.07, 6.45) is 4.66. The molecule has 4 aromatic rings. The molecule has 0 atom stereocenters. The summed E-state index contributed by atoms with van der Waals surface area (Å²) in [7, 11) is 8.16. The first-order valence-electron chi connectivity index (χ1n) is 12.7. The van der Waals surface area contributed by atoms with Crippen molar-refractivity contribution in [3.8, 4) is 11.5 Å². The molecule has 0 aliphatic carbocycles. The molecule has 2 aromatic carbocycles. The maximum Gasteiger partial charge on any atom is 0.311 e. The highest BCUT2D eigenvalue weighted by molar-refractivity contribution is 5.90. The van der Waals surface area contributed by atoms with Crippen LogP contribution in [0, 0.1) is 0 Å². The van der Waals surface area contributed by atoms with Gasteiger partial charge in [0.05, 0.1) is 11.0 Å². The first-order chi connectivity index (χ1) is 17.8. The number of nitrogens with zero attached hydrogens (tertiary/aromatic N) is 4. The van der Waals surface area contributed by atoms with E-state index in [2.05, 4.69) is 18.9 Å². The summed E-state index contributed by atoms with van der Waals surface area (Å²) in [6, 6.07) is 15.4. The molecule has 196 valence electrons. The number of hydrogen-bond donors (Lipinski definition) is 0. The molecule has 0 saturated carbocycles. The molecule has 37 heavy (non-hydrogen) atoms. The van der Waals surface area contributed by atoms with E-state index in [1.165, 1.54) is 0 Å². The van der Waals surface area contributed by atoms with Gasteiger partial charge in [-0.05, 0) is 71.0 Å². The van der Waals surface area contributed by atoms with Gasteiger partial charge in [0.25, 0.3) is 0 Å². The van der Waals surface area contributed by atoms with E-state index in [1.54, 1.807) is 12.1 Å². The highest BCUT2D eigenvalue weighted by atomic mass is 16.5. The minimum atomic E-state index is -0.360. The maximum absolute atomic E-state index is 12.5. The Hall–Kier alpha value is -3.62.